The second kappa shape index (κ2) is 16.0. The fourth-order valence-corrected chi connectivity index (χ4v) is 73.3. The van der Waals surface area contributed by atoms with Crippen molar-refractivity contribution < 1.29 is 4.79 Å². The van der Waals surface area contributed by atoms with E-state index in [0.29, 0.717) is 37.7 Å². The molecule has 53 heavy (non-hydrogen) atoms. The quantitative estimate of drug-likeness (QED) is 0.176. The summed E-state index contributed by atoms with van der Waals surface area (Å²) in [6.07, 6.45) is 0. The number of rotatable bonds is 14. The second-order valence-electron chi connectivity index (χ2n) is 24.2. The zero-order valence-corrected chi connectivity index (χ0v) is 48.7. The van der Waals surface area contributed by atoms with E-state index >= 15 is 0 Å². The van der Waals surface area contributed by atoms with Crippen LogP contribution in [0.3, 0.4) is 0 Å². The molecule has 0 radical (unpaired) electrons. The monoisotopic (exact) mass is 920 g/mol. The fourth-order valence-electron chi connectivity index (χ4n) is 11.4. The molecule has 0 aromatic heterocycles. The van der Waals surface area contributed by atoms with Crippen molar-refractivity contribution in [2.75, 3.05) is 0 Å². The van der Waals surface area contributed by atoms with E-state index in [4.69, 9.17) is 0 Å². The molecule has 1 saturated heterocycles. The first-order chi connectivity index (χ1) is 23.5. The summed E-state index contributed by atoms with van der Waals surface area (Å²) >= 11 is 0. The topological polar surface area (TPSA) is 17.1 Å². The van der Waals surface area contributed by atoms with Gasteiger partial charge < -0.3 is 0 Å². The number of carbonyl (C=O) groups is 1. The summed E-state index contributed by atoms with van der Waals surface area (Å²) in [5.74, 6) is 1.29. The van der Waals surface area contributed by atoms with Gasteiger partial charge >= 0.3 is 348 Å². The first kappa shape index (κ1) is 48.0. The van der Waals surface area contributed by atoms with E-state index in [1.807, 2.05) is 20.2 Å². The van der Waals surface area contributed by atoms with Crippen molar-refractivity contribution in [3.63, 3.8) is 0 Å². The zero-order chi connectivity index (χ0) is 41.4. The van der Waals surface area contributed by atoms with E-state index in [1.54, 1.807) is 36.6 Å². The van der Waals surface area contributed by atoms with Crippen LogP contribution in [0.4, 0.5) is 4.79 Å². The number of benzene rings is 2. The Morgan fingerprint density at radius 3 is 0.887 bits per heavy atom. The van der Waals surface area contributed by atoms with Crippen LogP contribution in [-0.2, 0) is 0 Å². The van der Waals surface area contributed by atoms with E-state index in [0.717, 1.165) is 0 Å². The molecule has 0 unspecified atom stereocenters. The summed E-state index contributed by atoms with van der Waals surface area (Å²) in [6, 6.07) is 11.0. The van der Waals surface area contributed by atoms with Crippen LogP contribution in [0.2, 0.25) is 118 Å². The maximum absolute atomic E-state index is 14.0. The molecule has 0 atom stereocenters. The first-order valence-corrected chi connectivity index (χ1v) is 51.1. The normalized spacial score (nSPS) is 16.6. The Bertz CT molecular complexity index is 1530. The van der Waals surface area contributed by atoms with Gasteiger partial charge in [0.25, 0.3) is 0 Å². The molecule has 1 aliphatic rings. The van der Waals surface area contributed by atoms with Crippen molar-refractivity contribution in [2.45, 2.75) is 193 Å². The predicted octanol–water partition coefficient (Wildman–Crippen LogP) is 14.7. The van der Waals surface area contributed by atoms with Gasteiger partial charge in [-0.05, 0) is 0 Å². The van der Waals surface area contributed by atoms with Crippen LogP contribution in [0.1, 0.15) is 108 Å². The van der Waals surface area contributed by atoms with Crippen LogP contribution in [-0.4, -0.2) is 63.9 Å². The summed E-state index contributed by atoms with van der Waals surface area (Å²) < 4.78 is 3.81. The van der Waals surface area contributed by atoms with Crippen LogP contribution >= 0.6 is 20.2 Å². The molecule has 0 spiro atoms. The SMILES string of the molecule is CC(C)c1cc(C(C)C)[c]([Ge]2([c]3c(C([Si](C)(C)C)[Si](C)(C)C)cc(C([Si](C)(C)C)[Si](C)(C)C)cc3C([Si](C)(C)C)[Si](C)(C)C)[S]C(=O)[S]2)c(C(C)C)c1. The standard InChI is InChI=1S/C43H82GeOS2Si6/c1-29(2)32-25-34(30(3)4)38(35(26-32)31(5)6)44(46-43(45)47-44)39-36(41(50(13,14)15)51(16,17)18)27-33(40(48(7,8)9)49(10,11)12)28-37(39)42(52(19,20)21)53(22,23)24/h25-31,40-42H,1-24H3. The average Bonchev–Trinajstić information content (AvgIpc) is 2.85. The summed E-state index contributed by atoms with van der Waals surface area (Å²) in [5.41, 5.74) is 9.76. The summed E-state index contributed by atoms with van der Waals surface area (Å²) in [5, 5.41) is 1.93. The number of hydrogen-bond acceptors (Lipinski definition) is 3. The molecule has 10 heteroatoms. The zero-order valence-electron chi connectivity index (χ0n) is 39.0. The summed E-state index contributed by atoms with van der Waals surface area (Å²) in [4.78, 5) is 14.0. The van der Waals surface area contributed by atoms with Crippen LogP contribution < -0.4 is 8.79 Å². The molecule has 2 aromatic carbocycles. The molecule has 0 aliphatic carbocycles. The minimum absolute atomic E-state index is 0.375. The summed E-state index contributed by atoms with van der Waals surface area (Å²) in [7, 11) is -9.91. The molecule has 1 fully saturated rings. The van der Waals surface area contributed by atoms with Gasteiger partial charge in [-0.25, -0.2) is 0 Å². The van der Waals surface area contributed by atoms with Crippen LogP contribution in [0.5, 0.6) is 0 Å². The van der Waals surface area contributed by atoms with Gasteiger partial charge in [0, 0.05) is 0 Å². The Balaban J connectivity index is 2.95. The Hall–Kier alpha value is 0.654. The molecule has 2 aromatic rings. The molecular formula is C43H82GeOS2Si6. The van der Waals surface area contributed by atoms with E-state index < -0.39 is 59.4 Å². The fraction of sp³-hybridized carbons (Fsp3) is 0.698. The third-order valence-electron chi connectivity index (χ3n) is 11.6. The van der Waals surface area contributed by atoms with Crippen molar-refractivity contribution in [3.8, 4) is 0 Å². The Morgan fingerprint density at radius 1 is 0.396 bits per heavy atom. The molecule has 1 heterocycles. The van der Waals surface area contributed by atoms with E-state index in [-0.39, 0.29) is 0 Å². The Morgan fingerprint density at radius 2 is 0.660 bits per heavy atom. The molecular weight excluding hydrogens is 838 g/mol. The Labute approximate surface area is 345 Å². The van der Waals surface area contributed by atoms with Gasteiger partial charge in [0.05, 0.1) is 0 Å². The predicted molar refractivity (Wildman–Crippen MR) is 269 cm³/mol. The molecule has 0 N–H and O–H groups in total. The van der Waals surface area contributed by atoms with Crippen molar-refractivity contribution in [3.05, 3.63) is 57.6 Å². The van der Waals surface area contributed by atoms with Gasteiger partial charge in [-0.2, -0.15) is 0 Å². The van der Waals surface area contributed by atoms with Gasteiger partial charge in [-0.1, -0.05) is 0 Å². The Kier molecular flexibility index (Phi) is 14.5. The molecule has 3 rings (SSSR count). The van der Waals surface area contributed by atoms with Crippen molar-refractivity contribution in [1.29, 1.82) is 0 Å². The number of hydrogen-bond donors (Lipinski definition) is 0. The molecule has 1 nitrogen and oxygen atoms in total. The van der Waals surface area contributed by atoms with Gasteiger partial charge in [0.2, 0.25) is 0 Å². The minimum atomic E-state index is -3.51. The van der Waals surface area contributed by atoms with Crippen LogP contribution in [0.25, 0.3) is 0 Å². The molecule has 0 amide bonds. The van der Waals surface area contributed by atoms with Crippen molar-refractivity contribution in [1.82, 2.24) is 0 Å². The van der Waals surface area contributed by atoms with Crippen molar-refractivity contribution >= 4 is 92.8 Å². The van der Waals surface area contributed by atoms with Gasteiger partial charge in [-0.15, -0.1) is 0 Å². The number of carbonyl (C=O) groups excluding carboxylic acids is 1. The van der Waals surface area contributed by atoms with E-state index in [2.05, 4.69) is 184 Å². The van der Waals surface area contributed by atoms with Gasteiger partial charge in [-0.3, -0.25) is 0 Å². The first-order valence-electron chi connectivity index (χ1n) is 20.8. The maximum atomic E-state index is 14.0. The molecule has 0 saturated carbocycles. The third-order valence-corrected chi connectivity index (χ3v) is 60.8. The van der Waals surface area contributed by atoms with Gasteiger partial charge in [0.1, 0.15) is 0 Å². The van der Waals surface area contributed by atoms with E-state index in [1.165, 1.54) is 5.56 Å². The van der Waals surface area contributed by atoms with Crippen LogP contribution in [0.15, 0.2) is 24.3 Å². The molecule has 1 aliphatic heterocycles. The molecule has 300 valence electrons. The van der Waals surface area contributed by atoms with Gasteiger partial charge in [0.15, 0.2) is 0 Å². The summed E-state index contributed by atoms with van der Waals surface area (Å²) in [6.45, 7) is 62.5. The molecule has 0 bridgehead atoms. The van der Waals surface area contributed by atoms with E-state index in [9.17, 15) is 4.79 Å². The second-order valence-corrected chi connectivity index (χ2v) is 74.1. The third kappa shape index (κ3) is 10.3. The van der Waals surface area contributed by atoms with Crippen LogP contribution in [0, 0.1) is 0 Å². The average molecular weight is 920 g/mol. The van der Waals surface area contributed by atoms with Crippen molar-refractivity contribution in [2.24, 2.45) is 0 Å².